The van der Waals surface area contributed by atoms with Gasteiger partial charge in [-0.2, -0.15) is 5.10 Å². The van der Waals surface area contributed by atoms with Crippen LogP contribution in [0.15, 0.2) is 62.1 Å². The van der Waals surface area contributed by atoms with E-state index in [1.807, 2.05) is 49.3 Å². The molecule has 0 saturated heterocycles. The Morgan fingerprint density at radius 1 is 1.05 bits per heavy atom. The van der Waals surface area contributed by atoms with Crippen molar-refractivity contribution >= 4 is 22.4 Å². The lowest BCUT2D eigenvalue weighted by Crippen LogP contribution is -2.09. The molecule has 0 unspecified atom stereocenters. The number of fused-ring (bicyclic) bond motifs is 1. The highest BCUT2D eigenvalue weighted by Crippen LogP contribution is 2.31. The minimum atomic E-state index is 0.652. The highest BCUT2D eigenvalue weighted by Gasteiger charge is 2.16. The molecule has 38 heavy (non-hydrogen) atoms. The summed E-state index contributed by atoms with van der Waals surface area (Å²) >= 11 is 0. The molecule has 0 amide bonds. The third kappa shape index (κ3) is 4.81. The number of pyridine rings is 3. The average molecular weight is 505 g/mol. The molecule has 6 rings (SSSR count). The summed E-state index contributed by atoms with van der Waals surface area (Å²) in [6.07, 6.45) is 19.1. The lowest BCUT2D eigenvalue weighted by molar-refractivity contribution is 0.356. The van der Waals surface area contributed by atoms with Gasteiger partial charge >= 0.3 is 0 Å². The molecule has 5 aromatic heterocycles. The van der Waals surface area contributed by atoms with E-state index in [0.29, 0.717) is 11.3 Å². The maximum absolute atomic E-state index is 4.63. The zero-order chi connectivity index (χ0) is 26.1. The molecule has 0 spiro atoms. The van der Waals surface area contributed by atoms with Gasteiger partial charge in [0.25, 0.3) is 0 Å². The molecular weight excluding hydrogens is 472 g/mol. The first kappa shape index (κ1) is 24.0. The molecule has 0 bridgehead atoms. The van der Waals surface area contributed by atoms with Crippen LogP contribution in [0.2, 0.25) is 0 Å². The summed E-state index contributed by atoms with van der Waals surface area (Å²) in [6, 6.07) is 6.32. The van der Waals surface area contributed by atoms with Gasteiger partial charge in [-0.15, -0.1) is 0 Å². The Labute approximate surface area is 222 Å². The lowest BCUT2D eigenvalue weighted by Gasteiger charge is -2.21. The SMILES string of the molecule is C=C(Nc1ccnc(-n2cnc(C)c2)c1C)c1[nH]nc2ncc(-c3cncc(CC4CCCCC4)c3)cc12. The van der Waals surface area contributed by atoms with Crippen molar-refractivity contribution in [3.63, 3.8) is 0 Å². The quantitative estimate of drug-likeness (QED) is 0.265. The number of nitrogens with one attached hydrogen (secondary N) is 2. The Kier molecular flexibility index (Phi) is 6.45. The molecule has 5 aromatic rings. The molecule has 1 saturated carbocycles. The van der Waals surface area contributed by atoms with Crippen LogP contribution in [0.4, 0.5) is 5.69 Å². The zero-order valence-electron chi connectivity index (χ0n) is 21.9. The predicted molar refractivity (Wildman–Crippen MR) is 151 cm³/mol. The Balaban J connectivity index is 1.26. The number of aromatic nitrogens is 7. The van der Waals surface area contributed by atoms with Gasteiger partial charge in [-0.3, -0.25) is 14.6 Å². The molecule has 5 heterocycles. The molecular formula is C30H32N8. The number of rotatable bonds is 7. The van der Waals surface area contributed by atoms with Crippen LogP contribution in [0.5, 0.6) is 0 Å². The van der Waals surface area contributed by atoms with Crippen molar-refractivity contribution in [3.05, 3.63) is 84.6 Å². The van der Waals surface area contributed by atoms with Crippen LogP contribution in [-0.4, -0.2) is 34.7 Å². The van der Waals surface area contributed by atoms with Gasteiger partial charge in [-0.1, -0.05) is 38.7 Å². The molecule has 192 valence electrons. The van der Waals surface area contributed by atoms with E-state index in [1.54, 1.807) is 12.5 Å². The largest absolute Gasteiger partial charge is 0.354 e. The van der Waals surface area contributed by atoms with Crippen LogP contribution in [-0.2, 0) is 6.42 Å². The van der Waals surface area contributed by atoms with E-state index in [-0.39, 0.29) is 0 Å². The van der Waals surface area contributed by atoms with Crippen molar-refractivity contribution in [3.8, 4) is 16.9 Å². The fraction of sp³-hybridized carbons (Fsp3) is 0.300. The molecule has 1 aliphatic rings. The van der Waals surface area contributed by atoms with Crippen molar-refractivity contribution in [2.45, 2.75) is 52.4 Å². The second-order valence-electron chi connectivity index (χ2n) is 10.3. The van der Waals surface area contributed by atoms with Crippen LogP contribution in [0.1, 0.15) is 54.6 Å². The Morgan fingerprint density at radius 3 is 2.71 bits per heavy atom. The first-order chi connectivity index (χ1) is 18.5. The molecule has 1 aliphatic carbocycles. The molecule has 0 atom stereocenters. The first-order valence-electron chi connectivity index (χ1n) is 13.3. The van der Waals surface area contributed by atoms with Crippen molar-refractivity contribution in [1.29, 1.82) is 0 Å². The zero-order valence-corrected chi connectivity index (χ0v) is 21.9. The minimum absolute atomic E-state index is 0.652. The van der Waals surface area contributed by atoms with E-state index in [1.165, 1.54) is 37.7 Å². The second kappa shape index (κ2) is 10.2. The molecule has 0 radical (unpaired) electrons. The van der Waals surface area contributed by atoms with Gasteiger partial charge in [-0.25, -0.2) is 15.0 Å². The summed E-state index contributed by atoms with van der Waals surface area (Å²) in [4.78, 5) is 18.1. The van der Waals surface area contributed by atoms with E-state index in [0.717, 1.165) is 57.3 Å². The summed E-state index contributed by atoms with van der Waals surface area (Å²) in [6.45, 7) is 8.31. The van der Waals surface area contributed by atoms with Crippen molar-refractivity contribution in [1.82, 2.24) is 34.7 Å². The molecule has 8 heteroatoms. The monoisotopic (exact) mass is 504 g/mol. The Morgan fingerprint density at radius 2 is 1.89 bits per heavy atom. The fourth-order valence-corrected chi connectivity index (χ4v) is 5.45. The van der Waals surface area contributed by atoms with E-state index in [4.69, 9.17) is 0 Å². The van der Waals surface area contributed by atoms with Gasteiger partial charge in [0.1, 0.15) is 12.1 Å². The summed E-state index contributed by atoms with van der Waals surface area (Å²) in [7, 11) is 0. The smallest absolute Gasteiger partial charge is 0.181 e. The second-order valence-corrected chi connectivity index (χ2v) is 10.3. The Bertz CT molecular complexity index is 1610. The van der Waals surface area contributed by atoms with Crippen molar-refractivity contribution < 1.29 is 0 Å². The van der Waals surface area contributed by atoms with E-state index >= 15 is 0 Å². The van der Waals surface area contributed by atoms with Gasteiger partial charge in [0.05, 0.1) is 17.1 Å². The minimum Gasteiger partial charge on any atom is -0.354 e. The molecule has 0 aromatic carbocycles. The molecule has 1 fully saturated rings. The number of hydrogen-bond acceptors (Lipinski definition) is 6. The molecule has 0 aliphatic heterocycles. The van der Waals surface area contributed by atoms with Gasteiger partial charge in [0.15, 0.2) is 5.65 Å². The van der Waals surface area contributed by atoms with Crippen molar-refractivity contribution in [2.75, 3.05) is 5.32 Å². The third-order valence-electron chi connectivity index (χ3n) is 7.51. The standard InChI is InChI=1S/C30H32N8/c1-19-17-38(18-34-19)30-20(2)27(9-10-32-30)35-21(3)28-26-13-25(16-33-29(26)37-36-28)24-12-23(14-31-15-24)11-22-7-5-4-6-8-22/h9-10,12-18,22H,3-8,11H2,1-2H3,(H,32,35)(H,33,36,37). The number of H-pyrrole nitrogens is 1. The average Bonchev–Trinajstić information content (AvgIpc) is 3.56. The maximum atomic E-state index is 4.63. The molecule has 8 nitrogen and oxygen atoms in total. The Hall–Kier alpha value is -4.33. The van der Waals surface area contributed by atoms with Crippen molar-refractivity contribution in [2.24, 2.45) is 5.92 Å². The van der Waals surface area contributed by atoms with E-state index < -0.39 is 0 Å². The predicted octanol–water partition coefficient (Wildman–Crippen LogP) is 6.42. The number of aromatic amines is 1. The van der Waals surface area contributed by atoms with Gasteiger partial charge in [-0.05, 0) is 49.9 Å². The molecule has 2 N–H and O–H groups in total. The summed E-state index contributed by atoms with van der Waals surface area (Å²) in [5, 5.41) is 11.9. The van der Waals surface area contributed by atoms with Gasteiger partial charge in [0, 0.05) is 58.7 Å². The third-order valence-corrected chi connectivity index (χ3v) is 7.51. The summed E-state index contributed by atoms with van der Waals surface area (Å²) in [5.74, 6) is 1.59. The summed E-state index contributed by atoms with van der Waals surface area (Å²) in [5.41, 5.74) is 8.40. The van der Waals surface area contributed by atoms with Gasteiger partial charge in [0.2, 0.25) is 0 Å². The highest BCUT2D eigenvalue weighted by atomic mass is 15.2. The van der Waals surface area contributed by atoms with Crippen LogP contribution in [0.25, 0.3) is 33.7 Å². The number of imidazole rings is 1. The van der Waals surface area contributed by atoms with E-state index in [9.17, 15) is 0 Å². The number of anilines is 1. The number of aryl methyl sites for hydroxylation is 1. The highest BCUT2D eigenvalue weighted by molar-refractivity contribution is 5.93. The van der Waals surface area contributed by atoms with Gasteiger partial charge < -0.3 is 5.32 Å². The number of hydrogen-bond donors (Lipinski definition) is 2. The topological polar surface area (TPSA) is 97.2 Å². The van der Waals surface area contributed by atoms with Crippen LogP contribution >= 0.6 is 0 Å². The van der Waals surface area contributed by atoms with Crippen LogP contribution < -0.4 is 5.32 Å². The number of nitrogens with zero attached hydrogens (tertiary/aromatic N) is 6. The van der Waals surface area contributed by atoms with Crippen LogP contribution in [0.3, 0.4) is 0 Å². The van der Waals surface area contributed by atoms with Crippen LogP contribution in [0, 0.1) is 19.8 Å². The normalized spacial score (nSPS) is 14.2. The fourth-order valence-electron chi connectivity index (χ4n) is 5.45. The van der Waals surface area contributed by atoms with E-state index in [2.05, 4.69) is 54.2 Å². The lowest BCUT2D eigenvalue weighted by atomic mass is 9.85. The summed E-state index contributed by atoms with van der Waals surface area (Å²) < 4.78 is 1.93. The first-order valence-corrected chi connectivity index (χ1v) is 13.3. The maximum Gasteiger partial charge on any atom is 0.181 e.